The summed E-state index contributed by atoms with van der Waals surface area (Å²) in [5.74, 6) is 2.48. The molecule has 1 N–H and O–H groups in total. The van der Waals surface area contributed by atoms with E-state index in [-0.39, 0.29) is 6.04 Å². The Labute approximate surface area is 140 Å². The third-order valence-electron chi connectivity index (χ3n) is 4.28. The van der Waals surface area contributed by atoms with Crippen molar-refractivity contribution in [3.05, 3.63) is 48.1 Å². The van der Waals surface area contributed by atoms with Crippen molar-refractivity contribution in [1.29, 1.82) is 0 Å². The van der Waals surface area contributed by atoms with Gasteiger partial charge in [0.05, 0.1) is 11.7 Å². The zero-order chi connectivity index (χ0) is 16.5. The second-order valence-electron chi connectivity index (χ2n) is 6.03. The molecule has 0 amide bonds. The molecule has 0 unspecified atom stereocenters. The predicted molar refractivity (Wildman–Crippen MR) is 90.4 cm³/mol. The van der Waals surface area contributed by atoms with Crippen molar-refractivity contribution in [2.45, 2.75) is 32.7 Å². The molecule has 4 heterocycles. The highest BCUT2D eigenvalue weighted by Crippen LogP contribution is 2.35. The van der Waals surface area contributed by atoms with Gasteiger partial charge in [-0.3, -0.25) is 0 Å². The molecular weight excluding hydrogens is 302 g/mol. The van der Waals surface area contributed by atoms with Crippen LogP contribution in [0.1, 0.15) is 36.1 Å². The Balaban J connectivity index is 1.72. The molecule has 4 rings (SSSR count). The van der Waals surface area contributed by atoms with Gasteiger partial charge in [-0.1, -0.05) is 0 Å². The lowest BCUT2D eigenvalue weighted by atomic mass is 10.1. The average Bonchev–Trinajstić information content (AvgIpc) is 3.26. The van der Waals surface area contributed by atoms with Crippen molar-refractivity contribution in [3.8, 4) is 11.5 Å². The van der Waals surface area contributed by atoms with Crippen LogP contribution in [0.2, 0.25) is 0 Å². The number of nitrogens with zero attached hydrogens (tertiary/aromatic N) is 6. The fraction of sp³-hybridized carbons (Fsp3) is 0.353. The summed E-state index contributed by atoms with van der Waals surface area (Å²) in [6, 6.07) is 4.26. The summed E-state index contributed by atoms with van der Waals surface area (Å²) in [7, 11) is 0. The van der Waals surface area contributed by atoms with Crippen LogP contribution in [0.5, 0.6) is 0 Å². The number of aromatic amines is 1. The number of rotatable bonds is 3. The van der Waals surface area contributed by atoms with E-state index in [2.05, 4.69) is 34.8 Å². The molecule has 0 saturated carbocycles. The maximum absolute atomic E-state index is 4.69. The van der Waals surface area contributed by atoms with E-state index in [4.69, 9.17) is 0 Å². The number of anilines is 1. The second kappa shape index (κ2) is 5.99. The molecule has 0 radical (unpaired) electrons. The van der Waals surface area contributed by atoms with E-state index in [1.807, 2.05) is 26.0 Å². The van der Waals surface area contributed by atoms with Gasteiger partial charge in [-0.05, 0) is 32.8 Å². The summed E-state index contributed by atoms with van der Waals surface area (Å²) < 4.78 is 0. The first-order chi connectivity index (χ1) is 11.7. The molecule has 1 fully saturated rings. The summed E-state index contributed by atoms with van der Waals surface area (Å²) in [6.45, 7) is 4.88. The summed E-state index contributed by atoms with van der Waals surface area (Å²) >= 11 is 0. The molecule has 0 bridgehead atoms. The SMILES string of the molecule is Cc1cc(N2CCC[C@@H]2c2cc(-c3ncc[nH]3)nc(C)n2)ncn1. The van der Waals surface area contributed by atoms with Gasteiger partial charge in [0.15, 0.2) is 5.82 Å². The Morgan fingerprint density at radius 3 is 2.83 bits per heavy atom. The van der Waals surface area contributed by atoms with Crippen LogP contribution in [0.25, 0.3) is 11.5 Å². The molecule has 0 spiro atoms. The highest BCUT2D eigenvalue weighted by atomic mass is 15.2. The van der Waals surface area contributed by atoms with Crippen LogP contribution in [-0.2, 0) is 0 Å². The van der Waals surface area contributed by atoms with Crippen LogP contribution in [0.15, 0.2) is 30.9 Å². The molecule has 7 heteroatoms. The van der Waals surface area contributed by atoms with Crippen molar-refractivity contribution in [3.63, 3.8) is 0 Å². The van der Waals surface area contributed by atoms with E-state index in [0.29, 0.717) is 0 Å². The highest BCUT2D eigenvalue weighted by Gasteiger charge is 2.29. The Hall–Kier alpha value is -2.83. The summed E-state index contributed by atoms with van der Waals surface area (Å²) in [4.78, 5) is 27.6. The molecule has 7 nitrogen and oxygen atoms in total. The fourth-order valence-electron chi connectivity index (χ4n) is 3.23. The molecule has 24 heavy (non-hydrogen) atoms. The Bertz CT molecular complexity index is 844. The first-order valence-electron chi connectivity index (χ1n) is 8.11. The van der Waals surface area contributed by atoms with Crippen molar-refractivity contribution >= 4 is 5.82 Å². The molecule has 3 aromatic heterocycles. The first-order valence-corrected chi connectivity index (χ1v) is 8.11. The van der Waals surface area contributed by atoms with Gasteiger partial charge in [0.1, 0.15) is 23.7 Å². The standard InChI is InChI=1S/C17H19N7/c1-11-8-16(21-10-20-11)24-7-3-4-15(24)13-9-14(23-12(2)22-13)17-18-5-6-19-17/h5-6,8-10,15H,3-4,7H2,1-2H3,(H,18,19)/t15-/m1/s1. The lowest BCUT2D eigenvalue weighted by molar-refractivity contribution is 0.679. The number of aryl methyl sites for hydroxylation is 2. The zero-order valence-electron chi connectivity index (χ0n) is 13.8. The molecule has 1 atom stereocenters. The molecule has 0 aliphatic carbocycles. The van der Waals surface area contributed by atoms with Crippen molar-refractivity contribution < 1.29 is 0 Å². The van der Waals surface area contributed by atoms with Gasteiger partial charge < -0.3 is 9.88 Å². The van der Waals surface area contributed by atoms with Gasteiger partial charge in [-0.25, -0.2) is 24.9 Å². The molecule has 3 aromatic rings. The summed E-state index contributed by atoms with van der Waals surface area (Å²) in [6.07, 6.45) is 7.33. The first kappa shape index (κ1) is 14.7. The monoisotopic (exact) mass is 321 g/mol. The van der Waals surface area contributed by atoms with E-state index in [0.717, 1.165) is 53.9 Å². The van der Waals surface area contributed by atoms with Crippen molar-refractivity contribution in [1.82, 2.24) is 29.9 Å². The van der Waals surface area contributed by atoms with Gasteiger partial charge in [0.25, 0.3) is 0 Å². The van der Waals surface area contributed by atoms with Crippen molar-refractivity contribution in [2.24, 2.45) is 0 Å². The number of nitrogens with one attached hydrogen (secondary N) is 1. The molecule has 1 aliphatic rings. The zero-order valence-corrected chi connectivity index (χ0v) is 13.8. The van der Waals surface area contributed by atoms with E-state index in [1.165, 1.54) is 0 Å². The van der Waals surface area contributed by atoms with E-state index >= 15 is 0 Å². The predicted octanol–water partition coefficient (Wildman–Crippen LogP) is 2.62. The topological polar surface area (TPSA) is 83.5 Å². The molecule has 1 aliphatic heterocycles. The Morgan fingerprint density at radius 2 is 2.04 bits per heavy atom. The molecular formula is C17H19N7. The lowest BCUT2D eigenvalue weighted by Gasteiger charge is -2.25. The van der Waals surface area contributed by atoms with Gasteiger partial charge >= 0.3 is 0 Å². The van der Waals surface area contributed by atoms with Crippen LogP contribution < -0.4 is 4.90 Å². The third kappa shape index (κ3) is 2.73. The molecule has 122 valence electrons. The van der Waals surface area contributed by atoms with E-state index < -0.39 is 0 Å². The number of hydrogen-bond acceptors (Lipinski definition) is 6. The van der Waals surface area contributed by atoms with Gasteiger partial charge in [-0.15, -0.1) is 0 Å². The maximum Gasteiger partial charge on any atom is 0.156 e. The molecule has 1 saturated heterocycles. The van der Waals surface area contributed by atoms with Gasteiger partial charge in [0, 0.05) is 30.7 Å². The maximum atomic E-state index is 4.69. The average molecular weight is 321 g/mol. The van der Waals surface area contributed by atoms with Gasteiger partial charge in [-0.2, -0.15) is 0 Å². The number of hydrogen-bond donors (Lipinski definition) is 1. The minimum atomic E-state index is 0.203. The number of imidazole rings is 1. The van der Waals surface area contributed by atoms with Crippen LogP contribution >= 0.6 is 0 Å². The fourth-order valence-corrected chi connectivity index (χ4v) is 3.23. The Morgan fingerprint density at radius 1 is 1.12 bits per heavy atom. The summed E-state index contributed by atoms with van der Waals surface area (Å²) in [5, 5.41) is 0. The normalized spacial score (nSPS) is 17.4. The smallest absolute Gasteiger partial charge is 0.156 e. The second-order valence-corrected chi connectivity index (χ2v) is 6.03. The third-order valence-corrected chi connectivity index (χ3v) is 4.28. The minimum absolute atomic E-state index is 0.203. The van der Waals surface area contributed by atoms with Gasteiger partial charge in [0.2, 0.25) is 0 Å². The highest BCUT2D eigenvalue weighted by molar-refractivity contribution is 5.51. The number of aromatic nitrogens is 6. The largest absolute Gasteiger partial charge is 0.348 e. The van der Waals surface area contributed by atoms with E-state index in [9.17, 15) is 0 Å². The lowest BCUT2D eigenvalue weighted by Crippen LogP contribution is -2.24. The summed E-state index contributed by atoms with van der Waals surface area (Å²) in [5.41, 5.74) is 2.82. The Kier molecular flexibility index (Phi) is 3.68. The van der Waals surface area contributed by atoms with Crippen LogP contribution in [0, 0.1) is 13.8 Å². The minimum Gasteiger partial charge on any atom is -0.348 e. The number of H-pyrrole nitrogens is 1. The van der Waals surface area contributed by atoms with Crippen molar-refractivity contribution in [2.75, 3.05) is 11.4 Å². The van der Waals surface area contributed by atoms with Crippen LogP contribution in [-0.4, -0.2) is 36.4 Å². The van der Waals surface area contributed by atoms with Crippen LogP contribution in [0.4, 0.5) is 5.82 Å². The van der Waals surface area contributed by atoms with Crippen LogP contribution in [0.3, 0.4) is 0 Å². The molecule has 0 aromatic carbocycles. The quantitative estimate of drug-likeness (QED) is 0.798. The van der Waals surface area contributed by atoms with E-state index in [1.54, 1.807) is 18.7 Å².